The molecule has 0 atom stereocenters. The number of rotatable bonds is 3. The lowest BCUT2D eigenvalue weighted by Crippen LogP contribution is -2.07. The number of anilines is 1. The van der Waals surface area contributed by atoms with Crippen molar-refractivity contribution in [3.05, 3.63) is 28.2 Å². The Bertz CT molecular complexity index is 353. The van der Waals surface area contributed by atoms with Crippen LogP contribution < -0.4 is 5.32 Å². The van der Waals surface area contributed by atoms with Gasteiger partial charge in [0.05, 0.1) is 11.6 Å². The number of halogens is 1. The molecule has 1 aromatic rings. The van der Waals surface area contributed by atoms with Gasteiger partial charge in [-0.1, -0.05) is 29.8 Å². The van der Waals surface area contributed by atoms with Gasteiger partial charge in [0.2, 0.25) is 0 Å². The van der Waals surface area contributed by atoms with Crippen molar-refractivity contribution in [1.29, 1.82) is 5.26 Å². The quantitative estimate of drug-likeness (QED) is 0.896. The molecule has 1 N–H and O–H groups in total. The molecule has 0 spiro atoms. The summed E-state index contributed by atoms with van der Waals surface area (Å²) in [6, 6.07) is 7.76. The van der Waals surface area contributed by atoms with Gasteiger partial charge < -0.3 is 5.32 Å². The van der Waals surface area contributed by atoms with Gasteiger partial charge in [0.1, 0.15) is 0 Å². The Morgan fingerprint density at radius 3 is 2.71 bits per heavy atom. The van der Waals surface area contributed by atoms with Crippen LogP contribution in [0.2, 0.25) is 0 Å². The molecule has 2 nitrogen and oxygen atoms in total. The molecular weight excluding hydrogens is 240 g/mol. The smallest absolute Gasteiger partial charge is 0.0992 e. The van der Waals surface area contributed by atoms with E-state index >= 15 is 0 Å². The van der Waals surface area contributed by atoms with E-state index in [2.05, 4.69) is 41.2 Å². The van der Waals surface area contributed by atoms with Crippen LogP contribution in [0, 0.1) is 17.2 Å². The average molecular weight is 253 g/mol. The fourth-order valence-corrected chi connectivity index (χ4v) is 1.57. The third-order valence-electron chi connectivity index (χ3n) is 1.74. The third kappa shape index (κ3) is 3.39. The maximum Gasteiger partial charge on any atom is 0.0992 e. The molecule has 0 amide bonds. The van der Waals surface area contributed by atoms with Crippen molar-refractivity contribution < 1.29 is 0 Å². The van der Waals surface area contributed by atoms with Gasteiger partial charge in [-0.05, 0) is 24.1 Å². The summed E-state index contributed by atoms with van der Waals surface area (Å²) in [4.78, 5) is 0. The standard InChI is InChI=1S/C11H13BrN2/c1-8(2)7-14-11-4-9(6-13)3-10(12)5-11/h3-5,8,14H,7H2,1-2H3. The first-order chi connectivity index (χ1) is 6.61. The number of hydrogen-bond acceptors (Lipinski definition) is 2. The molecule has 0 aliphatic heterocycles. The van der Waals surface area contributed by atoms with Crippen LogP contribution in [0.5, 0.6) is 0 Å². The highest BCUT2D eigenvalue weighted by Crippen LogP contribution is 2.19. The molecular formula is C11H13BrN2. The van der Waals surface area contributed by atoms with Gasteiger partial charge in [-0.15, -0.1) is 0 Å². The summed E-state index contributed by atoms with van der Waals surface area (Å²) >= 11 is 3.37. The zero-order chi connectivity index (χ0) is 10.6. The van der Waals surface area contributed by atoms with Crippen LogP contribution in [0.1, 0.15) is 19.4 Å². The van der Waals surface area contributed by atoms with Crippen molar-refractivity contribution in [2.24, 2.45) is 5.92 Å². The average Bonchev–Trinajstić information content (AvgIpc) is 2.14. The minimum atomic E-state index is 0.597. The molecule has 0 unspecified atom stereocenters. The minimum Gasteiger partial charge on any atom is -0.385 e. The molecule has 0 aromatic heterocycles. The first-order valence-electron chi connectivity index (χ1n) is 4.56. The van der Waals surface area contributed by atoms with E-state index in [1.165, 1.54) is 0 Å². The van der Waals surface area contributed by atoms with Crippen LogP contribution in [0.25, 0.3) is 0 Å². The Hall–Kier alpha value is -1.01. The van der Waals surface area contributed by atoms with E-state index < -0.39 is 0 Å². The summed E-state index contributed by atoms with van der Waals surface area (Å²) in [5.41, 5.74) is 1.66. The van der Waals surface area contributed by atoms with E-state index in [1.807, 2.05) is 12.1 Å². The van der Waals surface area contributed by atoms with Crippen LogP contribution in [-0.2, 0) is 0 Å². The molecule has 0 bridgehead atoms. The number of hydrogen-bond donors (Lipinski definition) is 1. The topological polar surface area (TPSA) is 35.8 Å². The Balaban J connectivity index is 2.78. The summed E-state index contributed by atoms with van der Waals surface area (Å²) in [6.45, 7) is 5.22. The molecule has 1 rings (SSSR count). The second kappa shape index (κ2) is 5.02. The summed E-state index contributed by atoms with van der Waals surface area (Å²) in [6.07, 6.45) is 0. The van der Waals surface area contributed by atoms with Crippen molar-refractivity contribution in [3.63, 3.8) is 0 Å². The SMILES string of the molecule is CC(C)CNc1cc(Br)cc(C#N)c1. The van der Waals surface area contributed by atoms with Gasteiger partial charge in [0.25, 0.3) is 0 Å². The molecule has 0 heterocycles. The van der Waals surface area contributed by atoms with Gasteiger partial charge in [-0.2, -0.15) is 5.26 Å². The zero-order valence-electron chi connectivity index (χ0n) is 8.34. The highest BCUT2D eigenvalue weighted by atomic mass is 79.9. The van der Waals surface area contributed by atoms with E-state index in [9.17, 15) is 0 Å². The summed E-state index contributed by atoms with van der Waals surface area (Å²) in [5.74, 6) is 0.597. The van der Waals surface area contributed by atoms with Gasteiger partial charge in [0.15, 0.2) is 0 Å². The number of nitrogens with one attached hydrogen (secondary N) is 1. The summed E-state index contributed by atoms with van der Waals surface area (Å²) < 4.78 is 0.933. The lowest BCUT2D eigenvalue weighted by molar-refractivity contribution is 0.689. The molecule has 14 heavy (non-hydrogen) atoms. The lowest BCUT2D eigenvalue weighted by Gasteiger charge is -2.09. The second-order valence-corrected chi connectivity index (χ2v) is 4.53. The van der Waals surface area contributed by atoms with Crippen LogP contribution in [0.3, 0.4) is 0 Å². The van der Waals surface area contributed by atoms with Crippen LogP contribution in [0.15, 0.2) is 22.7 Å². The molecule has 0 fully saturated rings. The first-order valence-corrected chi connectivity index (χ1v) is 5.35. The van der Waals surface area contributed by atoms with Crippen molar-refractivity contribution in [1.82, 2.24) is 0 Å². The fraction of sp³-hybridized carbons (Fsp3) is 0.364. The number of nitriles is 1. The predicted octanol–water partition coefficient (Wildman–Crippen LogP) is 3.39. The predicted molar refractivity (Wildman–Crippen MR) is 62.2 cm³/mol. The number of nitrogens with zero attached hydrogens (tertiary/aromatic N) is 1. The second-order valence-electron chi connectivity index (χ2n) is 3.62. The largest absolute Gasteiger partial charge is 0.385 e. The molecule has 74 valence electrons. The van der Waals surface area contributed by atoms with E-state index in [1.54, 1.807) is 6.07 Å². The van der Waals surface area contributed by atoms with Gasteiger partial charge >= 0.3 is 0 Å². The molecule has 0 radical (unpaired) electrons. The van der Waals surface area contributed by atoms with E-state index in [0.717, 1.165) is 16.7 Å². The summed E-state index contributed by atoms with van der Waals surface area (Å²) in [5, 5.41) is 12.0. The molecule has 0 aliphatic rings. The summed E-state index contributed by atoms with van der Waals surface area (Å²) in [7, 11) is 0. The number of benzene rings is 1. The minimum absolute atomic E-state index is 0.597. The molecule has 3 heteroatoms. The van der Waals surface area contributed by atoms with Gasteiger partial charge in [-0.25, -0.2) is 0 Å². The van der Waals surface area contributed by atoms with Crippen molar-refractivity contribution in [2.75, 3.05) is 11.9 Å². The highest BCUT2D eigenvalue weighted by Gasteiger charge is 1.99. The van der Waals surface area contributed by atoms with Crippen molar-refractivity contribution in [2.45, 2.75) is 13.8 Å². The van der Waals surface area contributed by atoms with E-state index in [-0.39, 0.29) is 0 Å². The van der Waals surface area contributed by atoms with Crippen LogP contribution >= 0.6 is 15.9 Å². The van der Waals surface area contributed by atoms with Crippen molar-refractivity contribution in [3.8, 4) is 6.07 Å². The molecule has 0 aliphatic carbocycles. The highest BCUT2D eigenvalue weighted by molar-refractivity contribution is 9.10. The molecule has 0 saturated heterocycles. The van der Waals surface area contributed by atoms with Gasteiger partial charge in [0, 0.05) is 16.7 Å². The normalized spacial score (nSPS) is 9.93. The van der Waals surface area contributed by atoms with E-state index in [4.69, 9.17) is 5.26 Å². The Morgan fingerprint density at radius 2 is 2.14 bits per heavy atom. The fourth-order valence-electron chi connectivity index (χ4n) is 1.08. The van der Waals surface area contributed by atoms with Crippen LogP contribution in [-0.4, -0.2) is 6.54 Å². The Labute approximate surface area is 93.1 Å². The van der Waals surface area contributed by atoms with Gasteiger partial charge in [-0.3, -0.25) is 0 Å². The monoisotopic (exact) mass is 252 g/mol. The lowest BCUT2D eigenvalue weighted by atomic mass is 10.2. The maximum atomic E-state index is 8.77. The zero-order valence-corrected chi connectivity index (χ0v) is 9.93. The van der Waals surface area contributed by atoms with Crippen LogP contribution in [0.4, 0.5) is 5.69 Å². The maximum absolute atomic E-state index is 8.77. The van der Waals surface area contributed by atoms with Crippen molar-refractivity contribution >= 4 is 21.6 Å². The Morgan fingerprint density at radius 1 is 1.43 bits per heavy atom. The Kier molecular flexibility index (Phi) is 3.97. The third-order valence-corrected chi connectivity index (χ3v) is 2.20. The molecule has 0 saturated carbocycles. The first kappa shape index (κ1) is 11.1. The van der Waals surface area contributed by atoms with E-state index in [0.29, 0.717) is 11.5 Å². The molecule has 1 aromatic carbocycles.